The second-order valence-electron chi connectivity index (χ2n) is 17.7. The van der Waals surface area contributed by atoms with Crippen molar-refractivity contribution in [2.75, 3.05) is 0 Å². The van der Waals surface area contributed by atoms with Crippen molar-refractivity contribution in [3.63, 3.8) is 0 Å². The Kier molecular flexibility index (Phi) is 11.0. The Labute approximate surface area is 257 Å². The van der Waals surface area contributed by atoms with E-state index in [9.17, 15) is 0 Å². The first kappa shape index (κ1) is 37.6. The van der Waals surface area contributed by atoms with Gasteiger partial charge in [-0.15, -0.1) is 5.10 Å². The molecule has 0 saturated carbocycles. The van der Waals surface area contributed by atoms with E-state index in [0.717, 1.165) is 40.4 Å². The number of aromatic nitrogens is 5. The highest BCUT2D eigenvalue weighted by Crippen LogP contribution is 2.35. The molecule has 0 bridgehead atoms. The van der Waals surface area contributed by atoms with Gasteiger partial charge in [0.15, 0.2) is 11.8 Å². The zero-order valence-electron chi connectivity index (χ0n) is 31.1. The fourth-order valence-electron chi connectivity index (χ4n) is 4.57. The molecule has 0 aliphatic rings. The Morgan fingerprint density at radius 1 is 0.476 bits per heavy atom. The van der Waals surface area contributed by atoms with E-state index >= 15 is 0 Å². The molecule has 0 N–H and O–H groups in total. The van der Waals surface area contributed by atoms with E-state index < -0.39 is 0 Å². The molecule has 7 heteroatoms. The summed E-state index contributed by atoms with van der Waals surface area (Å²) in [5.41, 5.74) is 4.71. The van der Waals surface area contributed by atoms with Crippen LogP contribution in [-0.2, 0) is 32.6 Å². The summed E-state index contributed by atoms with van der Waals surface area (Å²) in [5.74, 6) is 3.56. The predicted octanol–water partition coefficient (Wildman–Crippen LogP) is 9.80. The summed E-state index contributed by atoms with van der Waals surface area (Å²) in [6.07, 6.45) is 0. The first-order valence-electron chi connectivity index (χ1n) is 15.3. The molecular formula is C35H63N5O2. The smallest absolute Gasteiger partial charge is 0.191 e. The molecule has 0 radical (unpaired) electrons. The highest BCUT2D eigenvalue weighted by Gasteiger charge is 2.32. The van der Waals surface area contributed by atoms with Gasteiger partial charge in [0.1, 0.15) is 11.5 Å². The quantitative estimate of drug-likeness (QED) is 0.261. The minimum absolute atomic E-state index is 0.00384. The number of oxazole rings is 2. The second-order valence-corrected chi connectivity index (χ2v) is 17.7. The van der Waals surface area contributed by atoms with E-state index in [-0.39, 0.29) is 32.6 Å². The molecule has 0 fully saturated rings. The summed E-state index contributed by atoms with van der Waals surface area (Å²) in [5, 5.41) is 8.38. The van der Waals surface area contributed by atoms with Gasteiger partial charge >= 0.3 is 0 Å². The van der Waals surface area contributed by atoms with Crippen molar-refractivity contribution in [2.24, 2.45) is 0 Å². The molecule has 42 heavy (non-hydrogen) atoms. The van der Waals surface area contributed by atoms with E-state index in [0.29, 0.717) is 0 Å². The topological polar surface area (TPSA) is 82.8 Å². The lowest BCUT2D eigenvalue weighted by Crippen LogP contribution is -2.30. The maximum Gasteiger partial charge on any atom is 0.191 e. The summed E-state index contributed by atoms with van der Waals surface area (Å²) in [6, 6.07) is 0. The molecule has 0 atom stereocenters. The third kappa shape index (κ3) is 10.1. The summed E-state index contributed by atoms with van der Waals surface area (Å²) in [7, 11) is 0. The van der Waals surface area contributed by atoms with Gasteiger partial charge in [-0.05, 0) is 27.7 Å². The molecule has 0 spiro atoms. The largest absolute Gasteiger partial charge is 0.445 e. The van der Waals surface area contributed by atoms with Crippen LogP contribution in [0.3, 0.4) is 0 Å². The number of hydrogen-bond donors (Lipinski definition) is 0. The Morgan fingerprint density at radius 3 is 1.00 bits per heavy atom. The normalized spacial score (nSPS) is 13.4. The number of aryl methyl sites for hydroxylation is 3. The molecule has 3 aromatic heterocycles. The summed E-state index contributed by atoms with van der Waals surface area (Å²) < 4.78 is 13.4. The average Bonchev–Trinajstić information content (AvgIpc) is 3.42. The van der Waals surface area contributed by atoms with Crippen molar-refractivity contribution in [1.82, 2.24) is 25.0 Å². The van der Waals surface area contributed by atoms with Crippen LogP contribution in [-0.4, -0.2) is 25.0 Å². The highest BCUT2D eigenvalue weighted by atomic mass is 16.4. The van der Waals surface area contributed by atoms with Crippen LogP contribution in [0.1, 0.15) is 171 Å². The lowest BCUT2D eigenvalue weighted by Gasteiger charge is -2.27. The van der Waals surface area contributed by atoms with Gasteiger partial charge in [-0.3, -0.25) is 0 Å². The molecule has 0 unspecified atom stereocenters. The molecule has 0 aromatic carbocycles. The van der Waals surface area contributed by atoms with Crippen LogP contribution in [0.2, 0.25) is 0 Å². The van der Waals surface area contributed by atoms with Gasteiger partial charge < -0.3 is 8.83 Å². The van der Waals surface area contributed by atoms with Gasteiger partial charge in [0, 0.05) is 40.9 Å². The van der Waals surface area contributed by atoms with Crippen LogP contribution in [0.25, 0.3) is 0 Å². The lowest BCUT2D eigenvalue weighted by atomic mass is 9.83. The van der Waals surface area contributed by atoms with Crippen LogP contribution in [0, 0.1) is 20.8 Å². The van der Waals surface area contributed by atoms with Crippen molar-refractivity contribution in [1.29, 1.82) is 0 Å². The molecule has 0 saturated heterocycles. The van der Waals surface area contributed by atoms with Crippen molar-refractivity contribution in [2.45, 2.75) is 178 Å². The second kappa shape index (κ2) is 12.3. The first-order valence-corrected chi connectivity index (χ1v) is 15.3. The van der Waals surface area contributed by atoms with Crippen LogP contribution in [0.15, 0.2) is 8.83 Å². The van der Waals surface area contributed by atoms with E-state index in [1.54, 1.807) is 0 Å². The first-order chi connectivity index (χ1) is 18.4. The van der Waals surface area contributed by atoms with E-state index in [4.69, 9.17) is 8.83 Å². The van der Waals surface area contributed by atoms with E-state index in [2.05, 4.69) is 145 Å². The molecule has 0 aliphatic heterocycles. The van der Waals surface area contributed by atoms with Crippen LogP contribution >= 0.6 is 0 Å². The SMILES string of the molecule is Cc1nc(C(C)(C)C)c(C(C)(C)C)o1.Cc1nc(C(C)(C)C)c(C(C)(C)C)o1.Cc1nnn(C(C)(C)C)c1C(C)(C)C. The molecule has 7 nitrogen and oxygen atoms in total. The number of rotatable bonds is 0. The number of hydrogen-bond acceptors (Lipinski definition) is 6. The maximum absolute atomic E-state index is 5.69. The third-order valence-electron chi connectivity index (χ3n) is 6.44. The Bertz CT molecular complexity index is 1140. The van der Waals surface area contributed by atoms with Crippen molar-refractivity contribution in [3.05, 3.63) is 46.1 Å². The zero-order chi connectivity index (χ0) is 33.4. The number of nitrogens with zero attached hydrogens (tertiary/aromatic N) is 5. The van der Waals surface area contributed by atoms with Gasteiger partial charge in [-0.1, -0.05) is 109 Å². The minimum atomic E-state index is 0.00384. The van der Waals surface area contributed by atoms with Gasteiger partial charge in [0.2, 0.25) is 0 Å². The van der Waals surface area contributed by atoms with Crippen LogP contribution < -0.4 is 0 Å². The van der Waals surface area contributed by atoms with Crippen LogP contribution in [0.5, 0.6) is 0 Å². The molecule has 0 aliphatic carbocycles. The van der Waals surface area contributed by atoms with E-state index in [1.807, 2.05) is 25.5 Å². The highest BCUT2D eigenvalue weighted by molar-refractivity contribution is 5.25. The Balaban J connectivity index is 0.000000315. The van der Waals surface area contributed by atoms with Gasteiger partial charge in [0.25, 0.3) is 0 Å². The maximum atomic E-state index is 5.69. The molecule has 240 valence electrons. The molecule has 3 rings (SSSR count). The molecular weight excluding hydrogens is 522 g/mol. The zero-order valence-corrected chi connectivity index (χ0v) is 31.1. The minimum Gasteiger partial charge on any atom is -0.445 e. The molecule has 0 amide bonds. The standard InChI is InChI=1S/2C12H21NO.C11H21N3/c2*1-8-13-9(11(2,3)4)10(14-8)12(5,6)7;1-8-9(10(2,3)4)14(13-12-8)11(5,6)7/h3*1-7H3. The van der Waals surface area contributed by atoms with Crippen molar-refractivity contribution in [3.8, 4) is 0 Å². The Morgan fingerprint density at radius 2 is 0.810 bits per heavy atom. The molecule has 3 aromatic rings. The monoisotopic (exact) mass is 585 g/mol. The molecule has 3 heterocycles. The average molecular weight is 586 g/mol. The van der Waals surface area contributed by atoms with Crippen molar-refractivity contribution >= 4 is 0 Å². The summed E-state index contributed by atoms with van der Waals surface area (Å²) >= 11 is 0. The third-order valence-corrected chi connectivity index (χ3v) is 6.44. The van der Waals surface area contributed by atoms with E-state index in [1.165, 1.54) is 5.69 Å². The van der Waals surface area contributed by atoms with Crippen molar-refractivity contribution < 1.29 is 8.83 Å². The van der Waals surface area contributed by atoms with Gasteiger partial charge in [-0.2, -0.15) is 0 Å². The Hall–Kier alpha value is -2.44. The van der Waals surface area contributed by atoms with Crippen LogP contribution in [0.4, 0.5) is 0 Å². The predicted molar refractivity (Wildman–Crippen MR) is 176 cm³/mol. The van der Waals surface area contributed by atoms with Gasteiger partial charge in [0.05, 0.1) is 28.3 Å². The fourth-order valence-corrected chi connectivity index (χ4v) is 4.57. The van der Waals surface area contributed by atoms with Gasteiger partial charge in [-0.25, -0.2) is 14.6 Å². The lowest BCUT2D eigenvalue weighted by molar-refractivity contribution is 0.316. The fraction of sp³-hybridized carbons (Fsp3) is 0.771. The summed E-state index contributed by atoms with van der Waals surface area (Å²) in [6.45, 7) is 44.8. The summed E-state index contributed by atoms with van der Waals surface area (Å²) in [4.78, 5) is 8.96.